The number of halogens is 3. The number of tetrazole rings is 1. The Kier molecular flexibility index (Phi) is 9.26. The lowest BCUT2D eigenvalue weighted by Crippen LogP contribution is -2.32. The Bertz CT molecular complexity index is 1430. The predicted octanol–water partition coefficient (Wildman–Crippen LogP) is 6.73. The van der Waals surface area contributed by atoms with Gasteiger partial charge in [-0.05, 0) is 58.0 Å². The molecule has 1 heterocycles. The Labute approximate surface area is 236 Å². The summed E-state index contributed by atoms with van der Waals surface area (Å²) in [4.78, 5) is 15.5. The molecule has 41 heavy (non-hydrogen) atoms. The van der Waals surface area contributed by atoms with Crippen LogP contribution >= 0.6 is 0 Å². The third-order valence-electron chi connectivity index (χ3n) is 6.13. The highest BCUT2D eigenvalue weighted by molar-refractivity contribution is 5.97. The van der Waals surface area contributed by atoms with E-state index in [1.165, 1.54) is 24.3 Å². The molecule has 0 saturated heterocycles. The molecule has 8 nitrogen and oxygen atoms in total. The van der Waals surface area contributed by atoms with Crippen LogP contribution in [0.25, 0.3) is 22.5 Å². The Morgan fingerprint density at radius 3 is 2.20 bits per heavy atom. The molecule has 3 aromatic carbocycles. The van der Waals surface area contributed by atoms with E-state index in [-0.39, 0.29) is 18.1 Å². The van der Waals surface area contributed by atoms with Crippen LogP contribution < -0.4 is 15.0 Å². The van der Waals surface area contributed by atoms with Gasteiger partial charge in [-0.15, -0.1) is 23.4 Å². The molecule has 0 saturated carbocycles. The number of carbonyl (C=O) groups is 1. The van der Waals surface area contributed by atoms with Crippen LogP contribution in [0.5, 0.6) is 5.75 Å². The number of hydrogen-bond donors (Lipinski definition) is 2. The van der Waals surface area contributed by atoms with Crippen LogP contribution in [-0.2, 0) is 11.2 Å². The molecular formula is C30H33F3N6O2. The molecule has 216 valence electrons. The molecule has 0 atom stereocenters. The number of ether oxygens (including phenoxy) is 1. The fraction of sp³-hybridized carbons (Fsp3) is 0.333. The minimum atomic E-state index is -4.78. The summed E-state index contributed by atoms with van der Waals surface area (Å²) in [6, 6.07) is 18.9. The lowest BCUT2D eigenvalue weighted by atomic mass is 9.97. The van der Waals surface area contributed by atoms with Gasteiger partial charge in [0.1, 0.15) is 5.75 Å². The number of aromatic nitrogens is 4. The molecule has 0 fully saturated rings. The van der Waals surface area contributed by atoms with E-state index in [1.807, 2.05) is 42.5 Å². The molecule has 0 aliphatic carbocycles. The van der Waals surface area contributed by atoms with E-state index in [4.69, 9.17) is 0 Å². The highest BCUT2D eigenvalue weighted by atomic mass is 19.4. The topological polar surface area (TPSA) is 96.0 Å². The van der Waals surface area contributed by atoms with Crippen molar-refractivity contribution in [1.29, 1.82) is 0 Å². The Morgan fingerprint density at radius 1 is 0.951 bits per heavy atom. The molecule has 1 amide bonds. The number of rotatable bonds is 11. The van der Waals surface area contributed by atoms with Gasteiger partial charge in [0.05, 0.1) is 17.8 Å². The summed E-state index contributed by atoms with van der Waals surface area (Å²) in [5, 5.41) is 17.5. The van der Waals surface area contributed by atoms with Crippen molar-refractivity contribution in [3.63, 3.8) is 0 Å². The summed E-state index contributed by atoms with van der Waals surface area (Å²) in [6.45, 7) is 10.2. The molecule has 0 aliphatic heterocycles. The van der Waals surface area contributed by atoms with Gasteiger partial charge in [-0.3, -0.25) is 4.79 Å². The van der Waals surface area contributed by atoms with Gasteiger partial charge in [-0.25, -0.2) is 0 Å². The molecule has 1 aromatic heterocycles. The average molecular weight is 567 g/mol. The molecule has 4 rings (SSSR count). The third kappa shape index (κ3) is 8.29. The molecule has 2 N–H and O–H groups in total. The van der Waals surface area contributed by atoms with Crippen LogP contribution in [0.4, 0.5) is 24.5 Å². The van der Waals surface area contributed by atoms with E-state index >= 15 is 0 Å². The first-order valence-corrected chi connectivity index (χ1v) is 13.3. The van der Waals surface area contributed by atoms with E-state index < -0.39 is 6.36 Å². The number of nitrogens with one attached hydrogen (secondary N) is 2. The van der Waals surface area contributed by atoms with Gasteiger partial charge in [0.15, 0.2) is 0 Å². The van der Waals surface area contributed by atoms with Crippen LogP contribution in [0.1, 0.15) is 33.3 Å². The smallest absolute Gasteiger partial charge is 0.406 e. The highest BCUT2D eigenvalue weighted by Gasteiger charge is 2.31. The van der Waals surface area contributed by atoms with E-state index in [1.54, 1.807) is 0 Å². The second-order valence-electron chi connectivity index (χ2n) is 10.6. The quantitative estimate of drug-likeness (QED) is 0.209. The zero-order valence-electron chi connectivity index (χ0n) is 23.4. The zero-order valence-corrected chi connectivity index (χ0v) is 23.4. The van der Waals surface area contributed by atoms with Crippen LogP contribution in [0.2, 0.25) is 0 Å². The largest absolute Gasteiger partial charge is 0.573 e. The number of benzene rings is 3. The van der Waals surface area contributed by atoms with Crippen LogP contribution in [0, 0.1) is 11.8 Å². The molecule has 0 spiro atoms. The molecule has 0 bridgehead atoms. The molecule has 0 unspecified atom stereocenters. The maximum atomic E-state index is 13.2. The lowest BCUT2D eigenvalue weighted by molar-refractivity contribution is -0.274. The summed E-state index contributed by atoms with van der Waals surface area (Å²) in [6.07, 6.45) is -4.80. The van der Waals surface area contributed by atoms with E-state index in [2.05, 4.69) is 63.3 Å². The Hall–Kier alpha value is -4.41. The average Bonchev–Trinajstić information content (AvgIpc) is 3.43. The number of hydrogen-bond acceptors (Lipinski definition) is 6. The van der Waals surface area contributed by atoms with Crippen molar-refractivity contribution in [2.75, 3.05) is 23.3 Å². The summed E-state index contributed by atoms with van der Waals surface area (Å²) in [7, 11) is 0. The number of nitrogens with zero attached hydrogens (tertiary/aromatic N) is 4. The molecule has 0 aliphatic rings. The summed E-state index contributed by atoms with van der Waals surface area (Å²) in [5.41, 5.74) is 4.58. The van der Waals surface area contributed by atoms with Crippen LogP contribution in [-0.4, -0.2) is 46.0 Å². The van der Waals surface area contributed by atoms with Crippen LogP contribution in [0.15, 0.2) is 66.7 Å². The zero-order chi connectivity index (χ0) is 29.6. The second-order valence-corrected chi connectivity index (χ2v) is 10.6. The number of aromatic amines is 1. The van der Waals surface area contributed by atoms with Gasteiger partial charge in [-0.1, -0.05) is 70.2 Å². The van der Waals surface area contributed by atoms with Crippen molar-refractivity contribution in [1.82, 2.24) is 20.6 Å². The van der Waals surface area contributed by atoms with Crippen molar-refractivity contribution in [2.45, 2.75) is 40.5 Å². The summed E-state index contributed by atoms with van der Waals surface area (Å²) >= 11 is 0. The van der Waals surface area contributed by atoms with E-state index in [9.17, 15) is 18.0 Å². The monoisotopic (exact) mass is 566 g/mol. The predicted molar refractivity (Wildman–Crippen MR) is 152 cm³/mol. The second kappa shape index (κ2) is 12.8. The maximum Gasteiger partial charge on any atom is 0.573 e. The maximum absolute atomic E-state index is 13.2. The summed E-state index contributed by atoms with van der Waals surface area (Å²) < 4.78 is 41.5. The fourth-order valence-electron chi connectivity index (χ4n) is 4.63. The van der Waals surface area contributed by atoms with Crippen molar-refractivity contribution >= 4 is 17.3 Å². The van der Waals surface area contributed by atoms with Gasteiger partial charge >= 0.3 is 6.36 Å². The van der Waals surface area contributed by atoms with Crippen LogP contribution in [0.3, 0.4) is 0 Å². The van der Waals surface area contributed by atoms with Gasteiger partial charge < -0.3 is 15.0 Å². The number of amides is 1. The van der Waals surface area contributed by atoms with Gasteiger partial charge in [-0.2, -0.15) is 5.21 Å². The first kappa shape index (κ1) is 29.6. The van der Waals surface area contributed by atoms with E-state index in [0.717, 1.165) is 35.5 Å². The highest BCUT2D eigenvalue weighted by Crippen LogP contribution is 2.36. The minimum Gasteiger partial charge on any atom is -0.406 e. The first-order chi connectivity index (χ1) is 19.5. The molecule has 0 radical (unpaired) electrons. The molecule has 4 aromatic rings. The van der Waals surface area contributed by atoms with Crippen molar-refractivity contribution in [3.8, 4) is 28.3 Å². The standard InChI is InChI=1S/C30H33F3N6O2/c1-19(2)17-39(18-20(3)4)27-14-11-22(24-7-5-6-8-25(24)29-35-37-38-36-29)16-26(27)34-28(40)15-21-9-12-23(13-10-21)41-30(31,32)33/h5-14,16,19-20H,15,17-18H2,1-4H3,(H,34,40)(H,35,36,37,38). The number of H-pyrrole nitrogens is 1. The third-order valence-corrected chi connectivity index (χ3v) is 6.13. The molecule has 11 heteroatoms. The summed E-state index contributed by atoms with van der Waals surface area (Å²) in [5.74, 6) is 0.583. The van der Waals surface area contributed by atoms with Crippen molar-refractivity contribution < 1.29 is 22.7 Å². The normalized spacial score (nSPS) is 11.6. The van der Waals surface area contributed by atoms with Gasteiger partial charge in [0.25, 0.3) is 0 Å². The Balaban J connectivity index is 1.67. The minimum absolute atomic E-state index is 0.0240. The molecular weight excluding hydrogens is 533 g/mol. The Morgan fingerprint density at radius 2 is 1.61 bits per heavy atom. The van der Waals surface area contributed by atoms with Crippen molar-refractivity contribution in [3.05, 3.63) is 72.3 Å². The van der Waals surface area contributed by atoms with Crippen molar-refractivity contribution in [2.24, 2.45) is 11.8 Å². The fourth-order valence-corrected chi connectivity index (χ4v) is 4.63. The van der Waals surface area contributed by atoms with Gasteiger partial charge in [0.2, 0.25) is 11.7 Å². The first-order valence-electron chi connectivity index (χ1n) is 13.3. The number of anilines is 2. The van der Waals surface area contributed by atoms with E-state index in [0.29, 0.717) is 28.9 Å². The SMILES string of the molecule is CC(C)CN(CC(C)C)c1ccc(-c2ccccc2-c2nn[nH]n2)cc1NC(=O)Cc1ccc(OC(F)(F)F)cc1. The lowest BCUT2D eigenvalue weighted by Gasteiger charge is -2.31. The van der Waals surface area contributed by atoms with Gasteiger partial charge in [0, 0.05) is 18.7 Å². The number of alkyl halides is 3. The number of carbonyl (C=O) groups excluding carboxylic acids is 1.